The number of carbonyl (C=O) groups excluding carboxylic acids is 1. The number of rotatable bonds is 6. The van der Waals surface area contributed by atoms with E-state index in [2.05, 4.69) is 10.3 Å². The Morgan fingerprint density at radius 3 is 3.00 bits per heavy atom. The number of hydrogen-bond acceptors (Lipinski definition) is 4. The van der Waals surface area contributed by atoms with Gasteiger partial charge in [0, 0.05) is 18.6 Å². The third-order valence-electron chi connectivity index (χ3n) is 4.06. The zero-order chi connectivity index (χ0) is 16.2. The van der Waals surface area contributed by atoms with E-state index in [4.69, 9.17) is 5.11 Å². The number of imidazole rings is 1. The lowest BCUT2D eigenvalue weighted by Crippen LogP contribution is -2.35. The first-order valence-corrected chi connectivity index (χ1v) is 9.12. The van der Waals surface area contributed by atoms with E-state index in [1.165, 1.54) is 0 Å². The van der Waals surface area contributed by atoms with Crippen molar-refractivity contribution < 1.29 is 9.90 Å². The molecule has 0 aliphatic heterocycles. The van der Waals surface area contributed by atoms with Gasteiger partial charge in [-0.1, -0.05) is 24.3 Å². The van der Waals surface area contributed by atoms with Gasteiger partial charge in [0.1, 0.15) is 12.4 Å². The maximum atomic E-state index is 12.4. The predicted molar refractivity (Wildman–Crippen MR) is 93.2 cm³/mol. The van der Waals surface area contributed by atoms with Crippen molar-refractivity contribution >= 4 is 28.7 Å². The molecule has 1 aromatic carbocycles. The van der Waals surface area contributed by atoms with Gasteiger partial charge >= 0.3 is 0 Å². The molecule has 2 atom stereocenters. The van der Waals surface area contributed by atoms with Crippen LogP contribution in [0.15, 0.2) is 36.4 Å². The van der Waals surface area contributed by atoms with Crippen LogP contribution in [0.3, 0.4) is 0 Å². The first-order valence-electron chi connectivity index (χ1n) is 7.73. The van der Waals surface area contributed by atoms with Crippen molar-refractivity contribution in [3.8, 4) is 0 Å². The van der Waals surface area contributed by atoms with Gasteiger partial charge in [-0.25, -0.2) is 4.98 Å². The molecule has 6 heteroatoms. The van der Waals surface area contributed by atoms with Gasteiger partial charge in [-0.05, 0) is 24.8 Å². The Morgan fingerprint density at radius 2 is 2.26 bits per heavy atom. The number of benzene rings is 1. The highest BCUT2D eigenvalue weighted by Gasteiger charge is 2.20. The summed E-state index contributed by atoms with van der Waals surface area (Å²) in [5.74, 6) is 1.83. The number of fused-ring (bicyclic) bond motifs is 1. The quantitative estimate of drug-likeness (QED) is 0.794. The number of amides is 1. The number of aromatic nitrogens is 2. The van der Waals surface area contributed by atoms with Crippen LogP contribution in [-0.2, 0) is 17.1 Å². The average Bonchev–Trinajstić information content (AvgIpc) is 3.13. The maximum absolute atomic E-state index is 12.4. The summed E-state index contributed by atoms with van der Waals surface area (Å²) in [6.45, 7) is 0.400. The molecular weight excluding hydrogens is 310 g/mol. The molecular formula is C17H21N3O2S. The van der Waals surface area contributed by atoms with Crippen molar-refractivity contribution in [2.24, 2.45) is 5.92 Å². The summed E-state index contributed by atoms with van der Waals surface area (Å²) in [5, 5.41) is 12.2. The number of thioether (sulfide) groups is 1. The van der Waals surface area contributed by atoms with Crippen molar-refractivity contribution in [3.05, 3.63) is 42.2 Å². The number of nitrogens with zero attached hydrogens (tertiary/aromatic N) is 2. The van der Waals surface area contributed by atoms with Crippen LogP contribution in [-0.4, -0.2) is 39.5 Å². The van der Waals surface area contributed by atoms with Gasteiger partial charge in [0.2, 0.25) is 5.91 Å². The maximum Gasteiger partial charge on any atom is 0.240 e. The van der Waals surface area contributed by atoms with Crippen LogP contribution in [0.2, 0.25) is 0 Å². The molecule has 2 aromatic rings. The minimum atomic E-state index is -0.0243. The minimum Gasteiger partial charge on any atom is -0.396 e. The Bertz CT molecular complexity index is 726. The second-order valence-corrected chi connectivity index (χ2v) is 6.64. The van der Waals surface area contributed by atoms with Crippen molar-refractivity contribution in [1.29, 1.82) is 0 Å². The number of aliphatic hydroxyl groups is 1. The molecule has 3 rings (SSSR count). The molecule has 5 nitrogen and oxygen atoms in total. The Balaban J connectivity index is 1.74. The van der Waals surface area contributed by atoms with Gasteiger partial charge in [-0.2, -0.15) is 11.8 Å². The van der Waals surface area contributed by atoms with Crippen molar-refractivity contribution in [2.75, 3.05) is 12.9 Å². The lowest BCUT2D eigenvalue weighted by atomic mass is 10.1. The molecule has 1 heterocycles. The summed E-state index contributed by atoms with van der Waals surface area (Å²) in [5.41, 5.74) is 1.91. The number of nitrogens with one attached hydrogen (secondary N) is 1. The Kier molecular flexibility index (Phi) is 5.03. The van der Waals surface area contributed by atoms with Gasteiger partial charge in [0.25, 0.3) is 0 Å². The van der Waals surface area contributed by atoms with Crippen LogP contribution < -0.4 is 5.32 Å². The standard InChI is InChI=1S/C17H21N3O2S/c1-23-11-16-19-14-4-2-3-5-15(14)20(16)9-17(22)18-13-7-6-12(8-13)10-21/h2-7,12-13,21H,8-11H2,1H3,(H,18,22)/t12-,13+/m0/s1. The lowest BCUT2D eigenvalue weighted by Gasteiger charge is -2.14. The van der Waals surface area contributed by atoms with Gasteiger partial charge in [0.15, 0.2) is 0 Å². The summed E-state index contributed by atoms with van der Waals surface area (Å²) in [6, 6.07) is 7.90. The fraction of sp³-hybridized carbons (Fsp3) is 0.412. The summed E-state index contributed by atoms with van der Waals surface area (Å²) >= 11 is 1.69. The molecule has 0 bridgehead atoms. The summed E-state index contributed by atoms with van der Waals surface area (Å²) in [7, 11) is 0. The fourth-order valence-electron chi connectivity index (χ4n) is 2.95. The van der Waals surface area contributed by atoms with Gasteiger partial charge in [0.05, 0.1) is 16.8 Å². The van der Waals surface area contributed by atoms with Crippen LogP contribution in [0, 0.1) is 5.92 Å². The van der Waals surface area contributed by atoms with Gasteiger partial charge in [-0.3, -0.25) is 4.79 Å². The molecule has 0 fully saturated rings. The van der Waals surface area contributed by atoms with E-state index in [0.29, 0.717) is 0 Å². The number of hydrogen-bond donors (Lipinski definition) is 2. The van der Waals surface area contributed by atoms with Crippen LogP contribution in [0.5, 0.6) is 0 Å². The third-order valence-corrected chi connectivity index (χ3v) is 4.61. The number of para-hydroxylation sites is 2. The van der Waals surface area contributed by atoms with Crippen LogP contribution in [0.25, 0.3) is 11.0 Å². The molecule has 1 amide bonds. The first-order chi connectivity index (χ1) is 11.2. The highest BCUT2D eigenvalue weighted by molar-refractivity contribution is 7.97. The highest BCUT2D eigenvalue weighted by atomic mass is 32.2. The Morgan fingerprint density at radius 1 is 1.43 bits per heavy atom. The lowest BCUT2D eigenvalue weighted by molar-refractivity contribution is -0.122. The van der Waals surface area contributed by atoms with Crippen LogP contribution in [0.1, 0.15) is 12.2 Å². The fourth-order valence-corrected chi connectivity index (χ4v) is 3.43. The zero-order valence-electron chi connectivity index (χ0n) is 13.1. The van der Waals surface area contributed by atoms with E-state index in [9.17, 15) is 4.79 Å². The average molecular weight is 331 g/mol. The molecule has 23 heavy (non-hydrogen) atoms. The van der Waals surface area contributed by atoms with Gasteiger partial charge < -0.3 is 15.0 Å². The number of carbonyl (C=O) groups is 1. The van der Waals surface area contributed by atoms with E-state index in [1.807, 2.05) is 47.2 Å². The minimum absolute atomic E-state index is 0.0124. The molecule has 0 saturated carbocycles. The molecule has 1 aromatic heterocycles. The SMILES string of the molecule is CSCc1nc2ccccc2n1CC(=O)N[C@@H]1C=C[C@H](CO)C1. The largest absolute Gasteiger partial charge is 0.396 e. The van der Waals surface area contributed by atoms with E-state index in [-0.39, 0.29) is 31.0 Å². The van der Waals surface area contributed by atoms with Crippen molar-refractivity contribution in [3.63, 3.8) is 0 Å². The number of aliphatic hydroxyl groups excluding tert-OH is 1. The van der Waals surface area contributed by atoms with E-state index >= 15 is 0 Å². The highest BCUT2D eigenvalue weighted by Crippen LogP contribution is 2.20. The predicted octanol–water partition coefficient (Wildman–Crippen LogP) is 1.95. The van der Waals surface area contributed by atoms with E-state index in [1.54, 1.807) is 11.8 Å². The first kappa shape index (κ1) is 16.1. The summed E-state index contributed by atoms with van der Waals surface area (Å²) < 4.78 is 1.99. The van der Waals surface area contributed by atoms with Crippen molar-refractivity contribution in [1.82, 2.24) is 14.9 Å². The molecule has 122 valence electrons. The second kappa shape index (κ2) is 7.19. The molecule has 2 N–H and O–H groups in total. The zero-order valence-corrected chi connectivity index (χ0v) is 13.9. The van der Waals surface area contributed by atoms with Crippen LogP contribution >= 0.6 is 11.8 Å². The smallest absolute Gasteiger partial charge is 0.240 e. The molecule has 0 saturated heterocycles. The Hall–Kier alpha value is -1.79. The normalized spacial score (nSPS) is 20.3. The molecule has 0 unspecified atom stereocenters. The molecule has 0 radical (unpaired) electrons. The molecule has 0 spiro atoms. The summed E-state index contributed by atoms with van der Waals surface area (Å²) in [6.07, 6.45) is 6.73. The third kappa shape index (κ3) is 3.59. The molecule has 1 aliphatic carbocycles. The van der Waals surface area contributed by atoms with Crippen LogP contribution in [0.4, 0.5) is 0 Å². The Labute approximate surface area is 139 Å². The van der Waals surface area contributed by atoms with Crippen molar-refractivity contribution in [2.45, 2.75) is 24.8 Å². The monoisotopic (exact) mass is 331 g/mol. The summed E-state index contributed by atoms with van der Waals surface area (Å²) in [4.78, 5) is 17.0. The topological polar surface area (TPSA) is 67.2 Å². The second-order valence-electron chi connectivity index (χ2n) is 5.77. The molecule has 1 aliphatic rings. The van der Waals surface area contributed by atoms with E-state index < -0.39 is 0 Å². The van der Waals surface area contributed by atoms with E-state index in [0.717, 1.165) is 29.0 Å². The van der Waals surface area contributed by atoms with Gasteiger partial charge in [-0.15, -0.1) is 0 Å².